The molecule has 2 atom stereocenters. The number of nitrogens with one attached hydrogen (secondary N) is 1. The predicted octanol–water partition coefficient (Wildman–Crippen LogP) is 5.89. The van der Waals surface area contributed by atoms with E-state index in [4.69, 9.17) is 0 Å². The van der Waals surface area contributed by atoms with Crippen molar-refractivity contribution in [2.45, 2.75) is 45.6 Å². The highest BCUT2D eigenvalue weighted by molar-refractivity contribution is 5.86. The van der Waals surface area contributed by atoms with Crippen molar-refractivity contribution < 1.29 is 4.79 Å². The maximum absolute atomic E-state index is 12.6. The van der Waals surface area contributed by atoms with Gasteiger partial charge in [-0.1, -0.05) is 61.5 Å². The number of anilines is 1. The lowest BCUT2D eigenvalue weighted by molar-refractivity contribution is -0.121. The van der Waals surface area contributed by atoms with Crippen molar-refractivity contribution in [3.05, 3.63) is 77.9 Å². The highest BCUT2D eigenvalue weighted by Gasteiger charge is 2.17. The van der Waals surface area contributed by atoms with Crippen molar-refractivity contribution in [1.82, 2.24) is 5.32 Å². The lowest BCUT2D eigenvalue weighted by atomic mass is 9.99. The Labute approximate surface area is 180 Å². The molecule has 3 nitrogen and oxygen atoms in total. The highest BCUT2D eigenvalue weighted by atomic mass is 16.1. The van der Waals surface area contributed by atoms with Crippen LogP contribution in [0.3, 0.4) is 0 Å². The summed E-state index contributed by atoms with van der Waals surface area (Å²) in [7, 11) is 0. The Morgan fingerprint density at radius 3 is 2.63 bits per heavy atom. The van der Waals surface area contributed by atoms with Crippen LogP contribution in [0.4, 0.5) is 5.69 Å². The summed E-state index contributed by atoms with van der Waals surface area (Å²) in [6, 6.07) is 23.4. The molecule has 1 heterocycles. The molecule has 3 aromatic rings. The molecule has 156 valence electrons. The Kier molecular flexibility index (Phi) is 6.37. The predicted molar refractivity (Wildman–Crippen MR) is 126 cm³/mol. The maximum Gasteiger partial charge on any atom is 0.220 e. The number of hydrogen-bond acceptors (Lipinski definition) is 2. The second-order valence-electron chi connectivity index (χ2n) is 8.71. The molecule has 30 heavy (non-hydrogen) atoms. The third-order valence-corrected chi connectivity index (χ3v) is 6.29. The summed E-state index contributed by atoms with van der Waals surface area (Å²) in [5.74, 6) is 0.864. The summed E-state index contributed by atoms with van der Waals surface area (Å²) in [5, 5.41) is 5.64. The number of amides is 1. The SMILES string of the molecule is C[C@@H]1CCCN(c2ccc([C@@H](C)NC(=O)CCc3cccc4ccccc34)cc2)C1. The van der Waals surface area contributed by atoms with Crippen LogP contribution in [0, 0.1) is 5.92 Å². The van der Waals surface area contributed by atoms with Crippen LogP contribution in [0.5, 0.6) is 0 Å². The van der Waals surface area contributed by atoms with E-state index in [1.807, 2.05) is 0 Å². The molecule has 1 fully saturated rings. The third-order valence-electron chi connectivity index (χ3n) is 6.29. The van der Waals surface area contributed by atoms with Crippen molar-refractivity contribution in [2.24, 2.45) is 5.92 Å². The van der Waals surface area contributed by atoms with Gasteiger partial charge in [-0.15, -0.1) is 0 Å². The van der Waals surface area contributed by atoms with E-state index in [1.54, 1.807) is 0 Å². The van der Waals surface area contributed by atoms with Gasteiger partial charge in [-0.2, -0.15) is 0 Å². The molecule has 1 aliphatic heterocycles. The Hall–Kier alpha value is -2.81. The van der Waals surface area contributed by atoms with Crippen LogP contribution in [-0.4, -0.2) is 19.0 Å². The number of carbonyl (C=O) groups excluding carboxylic acids is 1. The van der Waals surface area contributed by atoms with Gasteiger partial charge in [0, 0.05) is 25.2 Å². The molecule has 0 bridgehead atoms. The average Bonchev–Trinajstić information content (AvgIpc) is 2.77. The van der Waals surface area contributed by atoms with Crippen LogP contribution in [0.2, 0.25) is 0 Å². The van der Waals surface area contributed by atoms with Crippen LogP contribution in [-0.2, 0) is 11.2 Å². The Bertz CT molecular complexity index is 990. The molecule has 0 aliphatic carbocycles. The first-order valence-corrected chi connectivity index (χ1v) is 11.2. The Morgan fingerprint density at radius 2 is 1.83 bits per heavy atom. The van der Waals surface area contributed by atoms with Gasteiger partial charge >= 0.3 is 0 Å². The average molecular weight is 401 g/mol. The van der Waals surface area contributed by atoms with Gasteiger partial charge in [0.05, 0.1) is 6.04 Å². The van der Waals surface area contributed by atoms with E-state index >= 15 is 0 Å². The minimum Gasteiger partial charge on any atom is -0.371 e. The summed E-state index contributed by atoms with van der Waals surface area (Å²) in [6.45, 7) is 6.67. The minimum atomic E-state index is 0.0133. The third kappa shape index (κ3) is 4.84. The van der Waals surface area contributed by atoms with Crippen LogP contribution in [0.25, 0.3) is 10.8 Å². The van der Waals surface area contributed by atoms with Gasteiger partial charge < -0.3 is 10.2 Å². The number of hydrogen-bond donors (Lipinski definition) is 1. The summed E-state index contributed by atoms with van der Waals surface area (Å²) in [4.78, 5) is 15.0. The molecule has 1 amide bonds. The van der Waals surface area contributed by atoms with Crippen molar-refractivity contribution in [3.63, 3.8) is 0 Å². The van der Waals surface area contributed by atoms with E-state index in [1.165, 1.54) is 34.9 Å². The van der Waals surface area contributed by atoms with Crippen LogP contribution < -0.4 is 10.2 Å². The summed E-state index contributed by atoms with van der Waals surface area (Å²) in [5.41, 5.74) is 3.68. The van der Waals surface area contributed by atoms with Gasteiger partial charge in [0.1, 0.15) is 0 Å². The number of aryl methyl sites for hydroxylation is 1. The van der Waals surface area contributed by atoms with Gasteiger partial charge in [0.15, 0.2) is 0 Å². The van der Waals surface area contributed by atoms with Gasteiger partial charge in [-0.05, 0) is 66.1 Å². The van der Waals surface area contributed by atoms with Crippen LogP contribution in [0.15, 0.2) is 66.7 Å². The zero-order valence-electron chi connectivity index (χ0n) is 18.1. The van der Waals surface area contributed by atoms with Crippen molar-refractivity contribution in [3.8, 4) is 0 Å². The fraction of sp³-hybridized carbons (Fsp3) is 0.370. The number of piperidine rings is 1. The zero-order valence-corrected chi connectivity index (χ0v) is 18.1. The molecule has 3 aromatic carbocycles. The van der Waals surface area contributed by atoms with E-state index < -0.39 is 0 Å². The molecule has 4 rings (SSSR count). The normalized spacial score (nSPS) is 17.7. The largest absolute Gasteiger partial charge is 0.371 e. The topological polar surface area (TPSA) is 32.3 Å². The molecular formula is C27H32N2O. The second kappa shape index (κ2) is 9.34. The lowest BCUT2D eigenvalue weighted by Crippen LogP contribution is -2.34. The number of nitrogens with zero attached hydrogens (tertiary/aromatic N) is 1. The van der Waals surface area contributed by atoms with E-state index in [0.717, 1.165) is 31.0 Å². The van der Waals surface area contributed by atoms with Crippen molar-refractivity contribution in [2.75, 3.05) is 18.0 Å². The van der Waals surface area contributed by atoms with Crippen LogP contribution in [0.1, 0.15) is 50.3 Å². The lowest BCUT2D eigenvalue weighted by Gasteiger charge is -2.33. The first kappa shape index (κ1) is 20.5. The molecule has 0 saturated carbocycles. The Balaban J connectivity index is 1.33. The maximum atomic E-state index is 12.6. The van der Waals surface area contributed by atoms with E-state index in [2.05, 4.69) is 90.8 Å². The van der Waals surface area contributed by atoms with Crippen molar-refractivity contribution >= 4 is 22.4 Å². The molecular weight excluding hydrogens is 368 g/mol. The molecule has 3 heteroatoms. The standard InChI is InChI=1S/C27H32N2O/c1-20-7-6-18-29(19-20)25-15-12-22(13-16-25)21(2)28-27(30)17-14-24-10-5-9-23-8-3-4-11-26(23)24/h3-5,8-13,15-16,20-21H,6-7,14,17-19H2,1-2H3,(H,28,30)/t20-,21-/m1/s1. The first-order chi connectivity index (χ1) is 14.6. The van der Waals surface area contributed by atoms with E-state index in [0.29, 0.717) is 6.42 Å². The molecule has 0 aromatic heterocycles. The first-order valence-electron chi connectivity index (χ1n) is 11.2. The zero-order chi connectivity index (χ0) is 20.9. The number of benzene rings is 3. The second-order valence-corrected chi connectivity index (χ2v) is 8.71. The molecule has 1 saturated heterocycles. The molecule has 1 aliphatic rings. The van der Waals surface area contributed by atoms with E-state index in [9.17, 15) is 4.79 Å². The molecule has 1 N–H and O–H groups in total. The monoisotopic (exact) mass is 400 g/mol. The van der Waals surface area contributed by atoms with Gasteiger partial charge in [0.25, 0.3) is 0 Å². The highest BCUT2D eigenvalue weighted by Crippen LogP contribution is 2.25. The summed E-state index contributed by atoms with van der Waals surface area (Å²) < 4.78 is 0. The van der Waals surface area contributed by atoms with Gasteiger partial charge in [0.2, 0.25) is 5.91 Å². The molecule has 0 unspecified atom stereocenters. The number of carbonyl (C=O) groups is 1. The smallest absolute Gasteiger partial charge is 0.220 e. The molecule has 0 spiro atoms. The van der Waals surface area contributed by atoms with Crippen molar-refractivity contribution in [1.29, 1.82) is 0 Å². The molecule has 0 radical (unpaired) electrons. The van der Waals surface area contributed by atoms with Gasteiger partial charge in [-0.25, -0.2) is 0 Å². The Morgan fingerprint density at radius 1 is 1.07 bits per heavy atom. The quantitative estimate of drug-likeness (QED) is 0.560. The van der Waals surface area contributed by atoms with Crippen LogP contribution >= 0.6 is 0 Å². The number of rotatable bonds is 6. The van der Waals surface area contributed by atoms with E-state index in [-0.39, 0.29) is 11.9 Å². The summed E-state index contributed by atoms with van der Waals surface area (Å²) in [6.07, 6.45) is 3.86. The van der Waals surface area contributed by atoms with Gasteiger partial charge in [-0.3, -0.25) is 4.79 Å². The fourth-order valence-electron chi connectivity index (χ4n) is 4.55. The summed E-state index contributed by atoms with van der Waals surface area (Å²) >= 11 is 0. The minimum absolute atomic E-state index is 0.0133. The fourth-order valence-corrected chi connectivity index (χ4v) is 4.55. The number of fused-ring (bicyclic) bond motifs is 1.